The fourth-order valence-electron chi connectivity index (χ4n) is 1.84. The third-order valence-electron chi connectivity index (χ3n) is 2.90. The summed E-state index contributed by atoms with van der Waals surface area (Å²) >= 11 is 0. The molecule has 0 radical (unpaired) electrons. The molecule has 1 heterocycles. The molecule has 0 fully saturated rings. The molecule has 0 aliphatic rings. The molecule has 17 heavy (non-hydrogen) atoms. The first-order valence-electron chi connectivity index (χ1n) is 4.95. The molecule has 1 aromatic heterocycles. The van der Waals surface area contributed by atoms with Crippen LogP contribution in [0.5, 0.6) is 0 Å². The van der Waals surface area contributed by atoms with Crippen LogP contribution in [0.15, 0.2) is 12.1 Å². The highest BCUT2D eigenvalue weighted by Gasteiger charge is 2.36. The SMILES string of the molecule is Cc1ccc2c(C#N)c(C(F)(F)F)[nH]c2c1C. The van der Waals surface area contributed by atoms with Crippen LogP contribution in [0.1, 0.15) is 22.4 Å². The van der Waals surface area contributed by atoms with Gasteiger partial charge in [0.1, 0.15) is 11.8 Å². The third-order valence-corrected chi connectivity index (χ3v) is 2.90. The van der Waals surface area contributed by atoms with Gasteiger partial charge in [-0.2, -0.15) is 18.4 Å². The van der Waals surface area contributed by atoms with Gasteiger partial charge in [0, 0.05) is 5.39 Å². The van der Waals surface area contributed by atoms with Crippen LogP contribution in [-0.2, 0) is 6.18 Å². The van der Waals surface area contributed by atoms with Crippen molar-refractivity contribution in [2.45, 2.75) is 20.0 Å². The van der Waals surface area contributed by atoms with E-state index in [2.05, 4.69) is 4.98 Å². The number of hydrogen-bond donors (Lipinski definition) is 1. The minimum Gasteiger partial charge on any atom is -0.350 e. The van der Waals surface area contributed by atoms with E-state index in [9.17, 15) is 13.2 Å². The zero-order chi connectivity index (χ0) is 12.8. The Labute approximate surface area is 95.7 Å². The van der Waals surface area contributed by atoms with Crippen molar-refractivity contribution in [3.63, 3.8) is 0 Å². The molecule has 0 saturated carbocycles. The van der Waals surface area contributed by atoms with Crippen LogP contribution in [0, 0.1) is 25.2 Å². The highest BCUT2D eigenvalue weighted by Crippen LogP contribution is 2.36. The average molecular weight is 238 g/mol. The minimum absolute atomic E-state index is 0.322. The summed E-state index contributed by atoms with van der Waals surface area (Å²) in [6.07, 6.45) is -4.54. The maximum atomic E-state index is 12.7. The van der Waals surface area contributed by atoms with E-state index >= 15 is 0 Å². The van der Waals surface area contributed by atoms with E-state index in [0.29, 0.717) is 10.9 Å². The molecule has 1 aromatic carbocycles. The van der Waals surface area contributed by atoms with Gasteiger partial charge >= 0.3 is 6.18 Å². The highest BCUT2D eigenvalue weighted by atomic mass is 19.4. The van der Waals surface area contributed by atoms with Gasteiger partial charge in [0.05, 0.1) is 11.1 Å². The summed E-state index contributed by atoms with van der Waals surface area (Å²) in [4.78, 5) is 2.32. The van der Waals surface area contributed by atoms with Crippen LogP contribution in [0.2, 0.25) is 0 Å². The molecule has 0 spiro atoms. The van der Waals surface area contributed by atoms with Gasteiger partial charge in [-0.15, -0.1) is 0 Å². The number of nitriles is 1. The molecule has 2 nitrogen and oxygen atoms in total. The summed E-state index contributed by atoms with van der Waals surface area (Å²) in [5.41, 5.74) is 0.694. The van der Waals surface area contributed by atoms with Crippen molar-refractivity contribution in [2.24, 2.45) is 0 Å². The number of halogens is 3. The van der Waals surface area contributed by atoms with E-state index in [1.807, 2.05) is 6.92 Å². The number of aromatic amines is 1. The largest absolute Gasteiger partial charge is 0.432 e. The summed E-state index contributed by atoms with van der Waals surface area (Å²) < 4.78 is 38.2. The fourth-order valence-corrected chi connectivity index (χ4v) is 1.84. The van der Waals surface area contributed by atoms with Gasteiger partial charge in [-0.1, -0.05) is 12.1 Å². The van der Waals surface area contributed by atoms with Gasteiger partial charge < -0.3 is 4.98 Å². The molecular weight excluding hydrogens is 229 g/mol. The Bertz CT molecular complexity index is 630. The Morgan fingerprint density at radius 2 is 1.88 bits per heavy atom. The van der Waals surface area contributed by atoms with E-state index < -0.39 is 11.9 Å². The van der Waals surface area contributed by atoms with Crippen LogP contribution in [-0.4, -0.2) is 4.98 Å². The van der Waals surface area contributed by atoms with Crippen LogP contribution < -0.4 is 0 Å². The third kappa shape index (κ3) is 1.66. The molecule has 0 saturated heterocycles. The number of hydrogen-bond acceptors (Lipinski definition) is 1. The summed E-state index contributed by atoms with van der Waals surface area (Å²) in [5, 5.41) is 9.18. The second kappa shape index (κ2) is 3.52. The molecule has 0 unspecified atom stereocenters. The molecule has 0 bridgehead atoms. The molecule has 2 aromatic rings. The molecule has 0 aliphatic heterocycles. The number of nitrogens with one attached hydrogen (secondary N) is 1. The summed E-state index contributed by atoms with van der Waals surface area (Å²) in [7, 11) is 0. The lowest BCUT2D eigenvalue weighted by molar-refractivity contribution is -0.140. The van der Waals surface area contributed by atoms with Crippen molar-refractivity contribution in [3.05, 3.63) is 34.5 Å². The zero-order valence-corrected chi connectivity index (χ0v) is 9.24. The number of rotatable bonds is 0. The maximum absolute atomic E-state index is 12.7. The van der Waals surface area contributed by atoms with Crippen LogP contribution in [0.25, 0.3) is 10.9 Å². The van der Waals surface area contributed by atoms with E-state index in [4.69, 9.17) is 5.26 Å². The monoisotopic (exact) mass is 238 g/mol. The number of fused-ring (bicyclic) bond motifs is 1. The number of H-pyrrole nitrogens is 1. The van der Waals surface area contributed by atoms with Gasteiger partial charge in [0.2, 0.25) is 0 Å². The van der Waals surface area contributed by atoms with E-state index in [-0.39, 0.29) is 5.56 Å². The normalized spacial score (nSPS) is 11.8. The zero-order valence-electron chi connectivity index (χ0n) is 9.24. The molecule has 2 rings (SSSR count). The van der Waals surface area contributed by atoms with E-state index in [1.54, 1.807) is 25.1 Å². The average Bonchev–Trinajstić information content (AvgIpc) is 2.62. The highest BCUT2D eigenvalue weighted by molar-refractivity contribution is 5.90. The van der Waals surface area contributed by atoms with E-state index in [0.717, 1.165) is 11.1 Å². The van der Waals surface area contributed by atoms with Gasteiger partial charge in [-0.3, -0.25) is 0 Å². The lowest BCUT2D eigenvalue weighted by atomic mass is 10.0. The Hall–Kier alpha value is -1.96. The van der Waals surface area contributed by atoms with Crippen LogP contribution >= 0.6 is 0 Å². The Morgan fingerprint density at radius 1 is 1.24 bits per heavy atom. The van der Waals surface area contributed by atoms with Crippen LogP contribution in [0.4, 0.5) is 13.2 Å². The summed E-state index contributed by atoms with van der Waals surface area (Å²) in [6, 6.07) is 4.88. The van der Waals surface area contributed by atoms with Crippen molar-refractivity contribution in [2.75, 3.05) is 0 Å². The molecular formula is C12H9F3N2. The molecule has 0 atom stereocenters. The minimum atomic E-state index is -4.54. The molecule has 0 aliphatic carbocycles. The van der Waals surface area contributed by atoms with Gasteiger partial charge in [0.25, 0.3) is 0 Å². The standard InChI is InChI=1S/C12H9F3N2/c1-6-3-4-8-9(5-16)11(12(13,14)15)17-10(8)7(6)2/h3-4,17H,1-2H3. The van der Waals surface area contributed by atoms with E-state index in [1.165, 1.54) is 0 Å². The number of aromatic nitrogens is 1. The first-order chi connectivity index (χ1) is 7.86. The smallest absolute Gasteiger partial charge is 0.350 e. The van der Waals surface area contributed by atoms with Crippen LogP contribution in [0.3, 0.4) is 0 Å². The number of aryl methyl sites for hydroxylation is 2. The molecule has 5 heteroatoms. The maximum Gasteiger partial charge on any atom is 0.432 e. The Balaban J connectivity index is 2.91. The number of alkyl halides is 3. The molecule has 0 amide bonds. The quantitative estimate of drug-likeness (QED) is 0.747. The van der Waals surface area contributed by atoms with Crippen molar-refractivity contribution < 1.29 is 13.2 Å². The number of nitrogens with zero attached hydrogens (tertiary/aromatic N) is 1. The first kappa shape index (κ1) is 11.5. The lowest BCUT2D eigenvalue weighted by Gasteiger charge is -2.03. The predicted octanol–water partition coefficient (Wildman–Crippen LogP) is 3.68. The predicted molar refractivity (Wildman–Crippen MR) is 57.5 cm³/mol. The fraction of sp³-hybridized carbons (Fsp3) is 0.250. The second-order valence-corrected chi connectivity index (χ2v) is 3.91. The van der Waals surface area contributed by atoms with Gasteiger partial charge in [-0.05, 0) is 25.0 Å². The molecule has 88 valence electrons. The van der Waals surface area contributed by atoms with Gasteiger partial charge in [0.15, 0.2) is 0 Å². The van der Waals surface area contributed by atoms with Crippen molar-refractivity contribution in [3.8, 4) is 6.07 Å². The Kier molecular flexibility index (Phi) is 2.39. The number of benzene rings is 1. The van der Waals surface area contributed by atoms with Gasteiger partial charge in [-0.25, -0.2) is 0 Å². The lowest BCUT2D eigenvalue weighted by Crippen LogP contribution is -2.07. The van der Waals surface area contributed by atoms with Crippen molar-refractivity contribution >= 4 is 10.9 Å². The first-order valence-corrected chi connectivity index (χ1v) is 4.95. The van der Waals surface area contributed by atoms with Crippen molar-refractivity contribution in [1.29, 1.82) is 5.26 Å². The molecule has 1 N–H and O–H groups in total. The summed E-state index contributed by atoms with van der Waals surface area (Å²) in [6.45, 7) is 3.55. The summed E-state index contributed by atoms with van der Waals surface area (Å²) in [5.74, 6) is 0. The van der Waals surface area contributed by atoms with Crippen molar-refractivity contribution in [1.82, 2.24) is 4.98 Å². The topological polar surface area (TPSA) is 39.6 Å². The Morgan fingerprint density at radius 3 is 2.41 bits per heavy atom. The second-order valence-electron chi connectivity index (χ2n) is 3.91.